The van der Waals surface area contributed by atoms with Gasteiger partial charge in [-0.25, -0.2) is 4.39 Å². The molecular formula is C13H17ClFN. The summed E-state index contributed by atoms with van der Waals surface area (Å²) < 4.78 is 12.9. The molecule has 1 aliphatic carbocycles. The van der Waals surface area contributed by atoms with Crippen LogP contribution in [0, 0.1) is 11.7 Å². The van der Waals surface area contributed by atoms with Crippen molar-refractivity contribution in [2.75, 3.05) is 7.05 Å². The normalized spacial score (nSPS) is 24.9. The number of hydrogen-bond acceptors (Lipinski definition) is 1. The standard InChI is InChI=1S/C13H17ClFN/c1-16-13-4-2-3-10(13)7-9-5-6-11(15)8-12(9)14/h5-6,8,10,13,16H,2-4,7H2,1H3. The van der Waals surface area contributed by atoms with Gasteiger partial charge in [0.2, 0.25) is 0 Å². The topological polar surface area (TPSA) is 12.0 Å². The van der Waals surface area contributed by atoms with Crippen LogP contribution in [-0.4, -0.2) is 13.1 Å². The van der Waals surface area contributed by atoms with E-state index in [-0.39, 0.29) is 5.82 Å². The molecule has 1 aromatic carbocycles. The number of benzene rings is 1. The summed E-state index contributed by atoms with van der Waals surface area (Å²) in [4.78, 5) is 0. The second-order valence-corrected chi connectivity index (χ2v) is 4.93. The Labute approximate surface area is 101 Å². The van der Waals surface area contributed by atoms with Crippen molar-refractivity contribution >= 4 is 11.6 Å². The van der Waals surface area contributed by atoms with Crippen LogP contribution in [0.15, 0.2) is 18.2 Å². The molecule has 1 fully saturated rings. The van der Waals surface area contributed by atoms with Crippen LogP contribution < -0.4 is 5.32 Å². The Hall–Kier alpha value is -0.600. The Bertz CT molecular complexity index is 367. The molecule has 2 rings (SSSR count). The zero-order valence-electron chi connectivity index (χ0n) is 9.47. The molecule has 88 valence electrons. The molecule has 0 bridgehead atoms. The van der Waals surface area contributed by atoms with Crippen molar-refractivity contribution in [3.8, 4) is 0 Å². The zero-order chi connectivity index (χ0) is 11.5. The van der Waals surface area contributed by atoms with Crippen LogP contribution >= 0.6 is 11.6 Å². The van der Waals surface area contributed by atoms with Gasteiger partial charge in [0.15, 0.2) is 0 Å². The third-order valence-corrected chi connectivity index (χ3v) is 3.88. The molecule has 1 N–H and O–H groups in total. The Morgan fingerprint density at radius 3 is 2.94 bits per heavy atom. The lowest BCUT2D eigenvalue weighted by Crippen LogP contribution is -2.30. The summed E-state index contributed by atoms with van der Waals surface area (Å²) in [5.41, 5.74) is 1.07. The molecular weight excluding hydrogens is 225 g/mol. The third kappa shape index (κ3) is 2.55. The molecule has 0 aromatic heterocycles. The monoisotopic (exact) mass is 241 g/mol. The number of rotatable bonds is 3. The van der Waals surface area contributed by atoms with Crippen molar-refractivity contribution in [3.63, 3.8) is 0 Å². The molecule has 1 aromatic rings. The maximum absolute atomic E-state index is 12.9. The van der Waals surface area contributed by atoms with Crippen LogP contribution in [0.1, 0.15) is 24.8 Å². The van der Waals surface area contributed by atoms with E-state index in [1.54, 1.807) is 0 Å². The first-order valence-corrected chi connectivity index (χ1v) is 6.19. The van der Waals surface area contributed by atoms with Crippen LogP contribution in [-0.2, 0) is 6.42 Å². The number of nitrogens with one attached hydrogen (secondary N) is 1. The molecule has 3 heteroatoms. The molecule has 0 heterocycles. The van der Waals surface area contributed by atoms with E-state index in [1.165, 1.54) is 31.4 Å². The minimum absolute atomic E-state index is 0.259. The third-order valence-electron chi connectivity index (χ3n) is 3.53. The molecule has 0 aliphatic heterocycles. The summed E-state index contributed by atoms with van der Waals surface area (Å²) in [6.07, 6.45) is 4.69. The van der Waals surface area contributed by atoms with Crippen molar-refractivity contribution in [1.29, 1.82) is 0 Å². The van der Waals surface area contributed by atoms with Gasteiger partial charge in [-0.3, -0.25) is 0 Å². The van der Waals surface area contributed by atoms with Gasteiger partial charge in [0, 0.05) is 11.1 Å². The average Bonchev–Trinajstić information content (AvgIpc) is 2.69. The van der Waals surface area contributed by atoms with Gasteiger partial charge in [0.05, 0.1) is 0 Å². The summed E-state index contributed by atoms with van der Waals surface area (Å²) in [6, 6.07) is 5.29. The molecule has 1 aliphatic rings. The van der Waals surface area contributed by atoms with Gasteiger partial charge in [-0.1, -0.05) is 24.1 Å². The minimum atomic E-state index is -0.259. The minimum Gasteiger partial charge on any atom is -0.317 e. The highest BCUT2D eigenvalue weighted by Crippen LogP contribution is 2.30. The van der Waals surface area contributed by atoms with Gasteiger partial charge >= 0.3 is 0 Å². The first-order valence-electron chi connectivity index (χ1n) is 5.82. The molecule has 0 amide bonds. The quantitative estimate of drug-likeness (QED) is 0.855. The van der Waals surface area contributed by atoms with E-state index in [0.717, 1.165) is 12.0 Å². The first kappa shape index (κ1) is 11.9. The summed E-state index contributed by atoms with van der Waals surface area (Å²) in [6.45, 7) is 0. The van der Waals surface area contributed by atoms with Gasteiger partial charge in [0.25, 0.3) is 0 Å². The van der Waals surface area contributed by atoms with E-state index in [9.17, 15) is 4.39 Å². The van der Waals surface area contributed by atoms with Crippen LogP contribution in [0.5, 0.6) is 0 Å². The summed E-state index contributed by atoms with van der Waals surface area (Å²) in [5.74, 6) is 0.373. The predicted molar refractivity (Wildman–Crippen MR) is 65.3 cm³/mol. The fraction of sp³-hybridized carbons (Fsp3) is 0.538. The van der Waals surface area contributed by atoms with Crippen molar-refractivity contribution < 1.29 is 4.39 Å². The van der Waals surface area contributed by atoms with Gasteiger partial charge in [-0.05, 0) is 49.9 Å². The van der Waals surface area contributed by atoms with Crippen molar-refractivity contribution in [2.45, 2.75) is 31.7 Å². The zero-order valence-corrected chi connectivity index (χ0v) is 10.2. The molecule has 2 atom stereocenters. The molecule has 1 nitrogen and oxygen atoms in total. The lowest BCUT2D eigenvalue weighted by molar-refractivity contribution is 0.423. The smallest absolute Gasteiger partial charge is 0.124 e. The first-order chi connectivity index (χ1) is 7.70. The Morgan fingerprint density at radius 1 is 1.44 bits per heavy atom. The molecule has 1 saturated carbocycles. The van der Waals surface area contributed by atoms with Gasteiger partial charge in [-0.2, -0.15) is 0 Å². The van der Waals surface area contributed by atoms with Crippen molar-refractivity contribution in [2.24, 2.45) is 5.92 Å². The second kappa shape index (κ2) is 5.15. The van der Waals surface area contributed by atoms with Gasteiger partial charge in [-0.15, -0.1) is 0 Å². The summed E-state index contributed by atoms with van der Waals surface area (Å²) >= 11 is 6.04. The van der Waals surface area contributed by atoms with Crippen LogP contribution in [0.25, 0.3) is 0 Å². The lowest BCUT2D eigenvalue weighted by atomic mass is 9.94. The summed E-state index contributed by atoms with van der Waals surface area (Å²) in [7, 11) is 2.01. The number of halogens is 2. The highest BCUT2D eigenvalue weighted by atomic mass is 35.5. The fourth-order valence-electron chi connectivity index (χ4n) is 2.63. The summed E-state index contributed by atoms with van der Waals surface area (Å²) in [5, 5.41) is 3.91. The van der Waals surface area contributed by atoms with Gasteiger partial charge in [0.1, 0.15) is 5.82 Å². The second-order valence-electron chi connectivity index (χ2n) is 4.53. The molecule has 16 heavy (non-hydrogen) atoms. The van der Waals surface area contributed by atoms with Crippen LogP contribution in [0.4, 0.5) is 4.39 Å². The maximum atomic E-state index is 12.9. The SMILES string of the molecule is CNC1CCCC1Cc1ccc(F)cc1Cl. The van der Waals surface area contributed by atoms with Crippen molar-refractivity contribution in [1.82, 2.24) is 5.32 Å². The Balaban J connectivity index is 2.08. The highest BCUT2D eigenvalue weighted by molar-refractivity contribution is 6.31. The average molecular weight is 242 g/mol. The van der Waals surface area contributed by atoms with E-state index in [2.05, 4.69) is 5.32 Å². The van der Waals surface area contributed by atoms with E-state index in [1.807, 2.05) is 13.1 Å². The van der Waals surface area contributed by atoms with Gasteiger partial charge < -0.3 is 5.32 Å². The highest BCUT2D eigenvalue weighted by Gasteiger charge is 2.26. The predicted octanol–water partition coefficient (Wildman–Crippen LogP) is 3.41. The Kier molecular flexibility index (Phi) is 3.82. The van der Waals surface area contributed by atoms with Crippen LogP contribution in [0.2, 0.25) is 5.02 Å². The largest absolute Gasteiger partial charge is 0.317 e. The molecule has 0 saturated heterocycles. The molecule has 2 unspecified atom stereocenters. The van der Waals surface area contributed by atoms with Crippen LogP contribution in [0.3, 0.4) is 0 Å². The number of hydrogen-bond donors (Lipinski definition) is 1. The van der Waals surface area contributed by atoms with E-state index in [0.29, 0.717) is 17.0 Å². The fourth-order valence-corrected chi connectivity index (χ4v) is 2.88. The Morgan fingerprint density at radius 2 is 2.25 bits per heavy atom. The van der Waals surface area contributed by atoms with E-state index >= 15 is 0 Å². The molecule has 0 radical (unpaired) electrons. The van der Waals surface area contributed by atoms with E-state index < -0.39 is 0 Å². The lowest BCUT2D eigenvalue weighted by Gasteiger charge is -2.19. The maximum Gasteiger partial charge on any atom is 0.124 e. The molecule has 0 spiro atoms. The van der Waals surface area contributed by atoms with E-state index in [4.69, 9.17) is 11.6 Å². The van der Waals surface area contributed by atoms with Crippen molar-refractivity contribution in [3.05, 3.63) is 34.6 Å².